The number of aromatic nitrogens is 3. The van der Waals surface area contributed by atoms with Crippen LogP contribution >= 0.6 is 0 Å². The highest BCUT2D eigenvalue weighted by atomic mass is 16.5. The normalized spacial score (nSPS) is 21.5. The number of esters is 1. The molecule has 5 rings (SSSR count). The van der Waals surface area contributed by atoms with Gasteiger partial charge in [-0.05, 0) is 37.7 Å². The van der Waals surface area contributed by atoms with Crippen LogP contribution in [0.1, 0.15) is 61.6 Å². The minimum absolute atomic E-state index is 0.0191. The largest absolute Gasteiger partial charge is 0.462 e. The maximum Gasteiger partial charge on any atom is 0.343 e. The molecule has 1 saturated carbocycles. The topological polar surface area (TPSA) is 66.1 Å². The molecule has 0 N–H and O–H groups in total. The molecule has 3 heterocycles. The summed E-state index contributed by atoms with van der Waals surface area (Å²) >= 11 is 0. The van der Waals surface area contributed by atoms with Gasteiger partial charge in [0.25, 0.3) is 0 Å². The number of benzene rings is 1. The van der Waals surface area contributed by atoms with Crippen molar-refractivity contribution in [1.82, 2.24) is 14.3 Å². The van der Waals surface area contributed by atoms with E-state index < -0.39 is 5.97 Å². The number of carbonyl (C=O) groups is 1. The van der Waals surface area contributed by atoms with E-state index in [4.69, 9.17) is 9.84 Å². The highest BCUT2D eigenvalue weighted by Gasteiger charge is 2.48. The summed E-state index contributed by atoms with van der Waals surface area (Å²) in [6.07, 6.45) is 3.79. The molecule has 150 valence electrons. The lowest BCUT2D eigenvalue weighted by molar-refractivity contribution is 0.0522. The Morgan fingerprint density at radius 3 is 2.90 bits per heavy atom. The number of carbonyl (C=O) groups excluding carboxylic acids is 1. The standard InChI is InChI=1S/C23H25N3O3/c1-5-29-22(28)15-12-25-17(11-18(15)27)20-14-8-6-7-13(2)19(14)24-26(20)16-9-10-23(3,4)21(16)25/h6-8,11-12,16,21H,5,9-10H2,1-4H3. The number of fused-ring (bicyclic) bond motifs is 8. The predicted octanol–water partition coefficient (Wildman–Crippen LogP) is 4.27. The number of hydrogen-bond acceptors (Lipinski definition) is 4. The number of hydrogen-bond donors (Lipinski definition) is 0. The van der Waals surface area contributed by atoms with Crippen LogP contribution in [0.2, 0.25) is 0 Å². The van der Waals surface area contributed by atoms with Crippen molar-refractivity contribution < 1.29 is 9.53 Å². The average molecular weight is 391 g/mol. The zero-order valence-electron chi connectivity index (χ0n) is 17.2. The minimum Gasteiger partial charge on any atom is -0.462 e. The molecule has 1 aliphatic carbocycles. The molecular weight excluding hydrogens is 366 g/mol. The molecule has 6 nitrogen and oxygen atoms in total. The van der Waals surface area contributed by atoms with Crippen LogP contribution in [-0.4, -0.2) is 26.9 Å². The number of pyridine rings is 1. The van der Waals surface area contributed by atoms with E-state index in [1.54, 1.807) is 19.2 Å². The second-order valence-electron chi connectivity index (χ2n) is 8.87. The van der Waals surface area contributed by atoms with E-state index in [9.17, 15) is 9.59 Å². The summed E-state index contributed by atoms with van der Waals surface area (Å²) < 4.78 is 9.41. The summed E-state index contributed by atoms with van der Waals surface area (Å²) in [4.78, 5) is 25.3. The second kappa shape index (κ2) is 6.05. The third-order valence-electron chi connectivity index (χ3n) is 6.61. The van der Waals surface area contributed by atoms with Gasteiger partial charge < -0.3 is 9.30 Å². The molecule has 2 unspecified atom stereocenters. The Hall–Kier alpha value is -2.89. The molecule has 0 saturated heterocycles. The van der Waals surface area contributed by atoms with Crippen molar-refractivity contribution in [2.75, 3.05) is 6.61 Å². The van der Waals surface area contributed by atoms with Crippen LogP contribution in [0.15, 0.2) is 35.3 Å². The van der Waals surface area contributed by atoms with Crippen molar-refractivity contribution in [1.29, 1.82) is 0 Å². The Labute approximate surface area is 169 Å². The Kier molecular flexibility index (Phi) is 3.79. The molecular formula is C23H25N3O3. The molecule has 0 bridgehead atoms. The fourth-order valence-corrected chi connectivity index (χ4v) is 5.26. The Morgan fingerprint density at radius 1 is 1.34 bits per heavy atom. The van der Waals surface area contributed by atoms with E-state index in [-0.39, 0.29) is 35.1 Å². The van der Waals surface area contributed by atoms with E-state index in [0.29, 0.717) is 0 Å². The quantitative estimate of drug-likeness (QED) is 0.612. The first-order chi connectivity index (χ1) is 13.8. The summed E-state index contributed by atoms with van der Waals surface area (Å²) in [5.41, 5.74) is 3.70. The zero-order chi connectivity index (χ0) is 20.5. The molecule has 0 radical (unpaired) electrons. The van der Waals surface area contributed by atoms with E-state index in [1.807, 2.05) is 6.07 Å². The summed E-state index contributed by atoms with van der Waals surface area (Å²) in [6.45, 7) is 8.56. The zero-order valence-corrected chi connectivity index (χ0v) is 17.2. The first kappa shape index (κ1) is 18.2. The average Bonchev–Trinajstić information content (AvgIpc) is 3.21. The second-order valence-corrected chi connectivity index (χ2v) is 8.87. The van der Waals surface area contributed by atoms with Gasteiger partial charge in [-0.2, -0.15) is 5.10 Å². The first-order valence-electron chi connectivity index (χ1n) is 10.2. The predicted molar refractivity (Wildman–Crippen MR) is 111 cm³/mol. The van der Waals surface area contributed by atoms with Crippen molar-refractivity contribution >= 4 is 16.9 Å². The number of rotatable bonds is 2. The number of nitrogens with zero attached hydrogens (tertiary/aromatic N) is 3. The van der Waals surface area contributed by atoms with Crippen LogP contribution in [-0.2, 0) is 4.74 Å². The van der Waals surface area contributed by atoms with Gasteiger partial charge in [-0.3, -0.25) is 9.48 Å². The van der Waals surface area contributed by atoms with Crippen LogP contribution in [0.5, 0.6) is 0 Å². The van der Waals surface area contributed by atoms with Gasteiger partial charge in [0.05, 0.1) is 35.6 Å². The maximum atomic E-state index is 12.9. The van der Waals surface area contributed by atoms with E-state index in [2.05, 4.69) is 42.2 Å². The van der Waals surface area contributed by atoms with Crippen LogP contribution in [0.3, 0.4) is 0 Å². The molecule has 3 aromatic rings. The monoisotopic (exact) mass is 391 g/mol. The van der Waals surface area contributed by atoms with Crippen molar-refractivity contribution in [3.8, 4) is 11.4 Å². The highest BCUT2D eigenvalue weighted by molar-refractivity contribution is 5.95. The van der Waals surface area contributed by atoms with Gasteiger partial charge >= 0.3 is 5.97 Å². The Morgan fingerprint density at radius 2 is 2.14 bits per heavy atom. The van der Waals surface area contributed by atoms with Gasteiger partial charge in [0.2, 0.25) is 0 Å². The van der Waals surface area contributed by atoms with Gasteiger partial charge in [0.15, 0.2) is 5.43 Å². The molecule has 0 amide bonds. The maximum absolute atomic E-state index is 12.9. The molecule has 1 aromatic carbocycles. The molecule has 6 heteroatoms. The smallest absolute Gasteiger partial charge is 0.343 e. The van der Waals surface area contributed by atoms with E-state index >= 15 is 0 Å². The van der Waals surface area contributed by atoms with Crippen LogP contribution in [0.4, 0.5) is 0 Å². The highest BCUT2D eigenvalue weighted by Crippen LogP contribution is 2.56. The van der Waals surface area contributed by atoms with Gasteiger partial charge in [0, 0.05) is 17.6 Å². The Balaban J connectivity index is 1.85. The van der Waals surface area contributed by atoms with Crippen molar-refractivity contribution in [2.24, 2.45) is 5.41 Å². The SMILES string of the molecule is CCOC(=O)c1cn2c(cc1=O)-c1c3cccc(C)c3nn1C1CCC(C)(C)C12. The fraction of sp³-hybridized carbons (Fsp3) is 0.435. The first-order valence-corrected chi connectivity index (χ1v) is 10.2. The molecule has 2 atom stereocenters. The third kappa shape index (κ3) is 2.44. The summed E-state index contributed by atoms with van der Waals surface area (Å²) in [5.74, 6) is -0.556. The van der Waals surface area contributed by atoms with E-state index in [0.717, 1.165) is 40.7 Å². The van der Waals surface area contributed by atoms with Gasteiger partial charge in [0.1, 0.15) is 5.56 Å². The van der Waals surface area contributed by atoms with Crippen molar-refractivity contribution in [2.45, 2.75) is 52.6 Å². The van der Waals surface area contributed by atoms with Gasteiger partial charge in [-0.1, -0.05) is 32.0 Å². The molecule has 0 spiro atoms. The van der Waals surface area contributed by atoms with Crippen molar-refractivity contribution in [3.05, 3.63) is 51.8 Å². The summed E-state index contributed by atoms with van der Waals surface area (Å²) in [5, 5.41) is 6.03. The molecule has 2 aromatic heterocycles. The summed E-state index contributed by atoms with van der Waals surface area (Å²) in [7, 11) is 0. The van der Waals surface area contributed by atoms with Crippen molar-refractivity contribution in [3.63, 3.8) is 0 Å². The fourth-order valence-electron chi connectivity index (χ4n) is 5.26. The van der Waals surface area contributed by atoms with Crippen LogP contribution in [0.25, 0.3) is 22.3 Å². The Bertz CT molecular complexity index is 1220. The number of aryl methyl sites for hydroxylation is 1. The van der Waals surface area contributed by atoms with Gasteiger partial charge in [-0.25, -0.2) is 4.79 Å². The van der Waals surface area contributed by atoms with Crippen LogP contribution < -0.4 is 5.43 Å². The summed E-state index contributed by atoms with van der Waals surface area (Å²) in [6, 6.07) is 8.06. The van der Waals surface area contributed by atoms with Gasteiger partial charge in [-0.15, -0.1) is 0 Å². The lowest BCUT2D eigenvalue weighted by Crippen LogP contribution is -2.35. The molecule has 1 aliphatic heterocycles. The lowest BCUT2D eigenvalue weighted by atomic mass is 9.84. The molecule has 1 fully saturated rings. The molecule has 2 aliphatic rings. The third-order valence-corrected chi connectivity index (χ3v) is 6.61. The lowest BCUT2D eigenvalue weighted by Gasteiger charge is -2.39. The minimum atomic E-state index is -0.556. The molecule has 29 heavy (non-hydrogen) atoms. The van der Waals surface area contributed by atoms with E-state index in [1.165, 1.54) is 0 Å². The number of ether oxygens (including phenoxy) is 1. The van der Waals surface area contributed by atoms with Crippen LogP contribution in [0, 0.1) is 12.3 Å².